The van der Waals surface area contributed by atoms with Crippen molar-refractivity contribution in [2.24, 2.45) is 5.16 Å². The monoisotopic (exact) mass is 582 g/mol. The Labute approximate surface area is 240 Å². The van der Waals surface area contributed by atoms with Gasteiger partial charge in [-0.3, -0.25) is 0 Å². The molecule has 0 aliphatic carbocycles. The summed E-state index contributed by atoms with van der Waals surface area (Å²) < 4.78 is 49.1. The molecule has 41 heavy (non-hydrogen) atoms. The Morgan fingerprint density at radius 2 is 1.56 bits per heavy atom. The predicted octanol–water partition coefficient (Wildman–Crippen LogP) is 5.02. The van der Waals surface area contributed by atoms with Gasteiger partial charge < -0.3 is 24.0 Å². The lowest BCUT2D eigenvalue weighted by atomic mass is 10.1. The van der Waals surface area contributed by atoms with Crippen molar-refractivity contribution in [3.05, 3.63) is 83.9 Å². The first-order chi connectivity index (χ1) is 19.5. The summed E-state index contributed by atoms with van der Waals surface area (Å²) in [6.07, 6.45) is 0.0321. The first kappa shape index (κ1) is 30.4. The fourth-order valence-corrected chi connectivity index (χ4v) is 10.2. The Bertz CT molecular complexity index is 1330. The van der Waals surface area contributed by atoms with E-state index in [1.54, 1.807) is 4.90 Å². The molecule has 3 aromatic carbocycles. The summed E-state index contributed by atoms with van der Waals surface area (Å²) in [6, 6.07) is 21.2. The highest BCUT2D eigenvalue weighted by Gasteiger charge is 2.50. The molecule has 0 unspecified atom stereocenters. The summed E-state index contributed by atoms with van der Waals surface area (Å²) in [5.74, 6) is -4.24. The van der Waals surface area contributed by atoms with Crippen LogP contribution in [0.5, 0.6) is 5.75 Å². The van der Waals surface area contributed by atoms with E-state index in [0.29, 0.717) is 24.9 Å². The molecule has 1 N–H and O–H groups in total. The Morgan fingerprint density at radius 1 is 1.02 bits per heavy atom. The highest BCUT2D eigenvalue weighted by atomic mass is 28.4. The van der Waals surface area contributed by atoms with Crippen LogP contribution in [0.4, 0.5) is 14.5 Å². The van der Waals surface area contributed by atoms with Gasteiger partial charge in [-0.1, -0.05) is 86.6 Å². The molecule has 1 aliphatic heterocycles. The van der Waals surface area contributed by atoms with Crippen LogP contribution in [-0.4, -0.2) is 51.0 Å². The van der Waals surface area contributed by atoms with Crippen LogP contribution in [0.1, 0.15) is 40.2 Å². The van der Waals surface area contributed by atoms with Gasteiger partial charge in [-0.2, -0.15) is 4.39 Å². The molecule has 218 valence electrons. The van der Waals surface area contributed by atoms with E-state index in [2.05, 4.69) is 25.9 Å². The van der Waals surface area contributed by atoms with Crippen molar-refractivity contribution >= 4 is 36.6 Å². The summed E-state index contributed by atoms with van der Waals surface area (Å²) in [6.45, 7) is 10.7. The van der Waals surface area contributed by atoms with Crippen LogP contribution in [0.15, 0.2) is 71.9 Å². The minimum atomic E-state index is -3.05. The molecule has 1 saturated heterocycles. The predicted molar refractivity (Wildman–Crippen MR) is 157 cm³/mol. The molecule has 1 fully saturated rings. The lowest BCUT2D eigenvalue weighted by molar-refractivity contribution is -0.126. The van der Waals surface area contributed by atoms with E-state index in [9.17, 15) is 4.79 Å². The average molecular weight is 583 g/mol. The number of hydrogen-bond acceptors (Lipinski definition) is 7. The molecular formula is C31H36F2N2O5Si. The van der Waals surface area contributed by atoms with Crippen LogP contribution < -0.4 is 20.0 Å². The number of carbonyl (C=O) groups is 1. The molecule has 0 radical (unpaired) electrons. The van der Waals surface area contributed by atoms with Crippen LogP contribution in [0.25, 0.3) is 0 Å². The number of carbonyl (C=O) groups excluding carboxylic acids is 1. The molecule has 7 nitrogen and oxygen atoms in total. The molecule has 10 heteroatoms. The topological polar surface area (TPSA) is 80.6 Å². The lowest BCUT2D eigenvalue weighted by Gasteiger charge is -2.43. The van der Waals surface area contributed by atoms with Crippen molar-refractivity contribution < 1.29 is 32.7 Å². The quantitative estimate of drug-likeness (QED) is 0.100. The fraction of sp³-hybridized carbons (Fsp3) is 0.355. The average Bonchev–Trinajstić information content (AvgIpc) is 2.92. The molecule has 0 spiro atoms. The van der Waals surface area contributed by atoms with Crippen LogP contribution in [0.3, 0.4) is 0 Å². The van der Waals surface area contributed by atoms with Crippen molar-refractivity contribution in [3.63, 3.8) is 0 Å². The molecule has 0 bridgehead atoms. The van der Waals surface area contributed by atoms with Crippen molar-refractivity contribution in [3.8, 4) is 5.75 Å². The van der Waals surface area contributed by atoms with E-state index in [1.807, 2.05) is 74.5 Å². The van der Waals surface area contributed by atoms with Gasteiger partial charge in [0.15, 0.2) is 17.8 Å². The number of hydrogen-bond donors (Lipinski definition) is 1. The van der Waals surface area contributed by atoms with Gasteiger partial charge in [0, 0.05) is 18.7 Å². The third-order valence-electron chi connectivity index (χ3n) is 7.20. The first-order valence-electron chi connectivity index (χ1n) is 13.5. The van der Waals surface area contributed by atoms with Gasteiger partial charge in [0.25, 0.3) is 8.32 Å². The molecule has 0 aromatic heterocycles. The molecule has 4 rings (SSSR count). The van der Waals surface area contributed by atoms with Crippen molar-refractivity contribution in [1.82, 2.24) is 0 Å². The maximum absolute atomic E-state index is 15.9. The number of anilines is 1. The highest BCUT2D eigenvalue weighted by Crippen LogP contribution is 2.40. The number of rotatable bonds is 8. The van der Waals surface area contributed by atoms with Crippen molar-refractivity contribution in [2.75, 3.05) is 18.0 Å². The van der Waals surface area contributed by atoms with Crippen LogP contribution in [-0.2, 0) is 20.6 Å². The zero-order valence-electron chi connectivity index (χ0n) is 23.9. The first-order valence-corrected chi connectivity index (χ1v) is 15.4. The van der Waals surface area contributed by atoms with Gasteiger partial charge in [0.1, 0.15) is 0 Å². The summed E-state index contributed by atoms with van der Waals surface area (Å²) in [5, 5.41) is 13.0. The standard InChI is InChI=1S/C31H36F2N2O5Si/c1-21-18-35(19-22(2)39-21)30-23(16-26(28(32)29(30)33)40-27(36)17-34-37)20-38-41(31(3,4)5,24-12-8-6-9-13-24)25-14-10-7-11-15-25/h6-17,21-22,37H,18-20H2,1-5H3/b34-17-/t21-,22-/m1/s1. The van der Waals surface area contributed by atoms with E-state index < -0.39 is 31.7 Å². The Hall–Kier alpha value is -3.60. The van der Waals surface area contributed by atoms with Crippen molar-refractivity contribution in [1.29, 1.82) is 0 Å². The van der Waals surface area contributed by atoms with Gasteiger partial charge in [-0.25, -0.2) is 9.18 Å². The van der Waals surface area contributed by atoms with E-state index in [4.69, 9.17) is 19.1 Å². The Kier molecular flexibility index (Phi) is 9.26. The second-order valence-corrected chi connectivity index (χ2v) is 15.6. The van der Waals surface area contributed by atoms with Gasteiger partial charge >= 0.3 is 5.97 Å². The van der Waals surface area contributed by atoms with E-state index in [-0.39, 0.29) is 29.5 Å². The van der Waals surface area contributed by atoms with E-state index in [1.165, 1.54) is 6.07 Å². The lowest BCUT2D eigenvalue weighted by Crippen LogP contribution is -2.66. The van der Waals surface area contributed by atoms with Gasteiger partial charge in [0.05, 0.1) is 24.5 Å². The Balaban J connectivity index is 1.88. The zero-order chi connectivity index (χ0) is 29.8. The maximum atomic E-state index is 15.9. The molecular weight excluding hydrogens is 546 g/mol. The third-order valence-corrected chi connectivity index (χ3v) is 12.2. The number of esters is 1. The van der Waals surface area contributed by atoms with E-state index in [0.717, 1.165) is 10.4 Å². The number of oxime groups is 1. The highest BCUT2D eigenvalue weighted by molar-refractivity contribution is 6.99. The number of morpholine rings is 1. The molecule has 0 amide bonds. The van der Waals surface area contributed by atoms with Crippen LogP contribution in [0, 0.1) is 11.6 Å². The SMILES string of the molecule is C[C@@H]1CN(c2c(CO[Si](c3ccccc3)(c3ccccc3)C(C)(C)C)cc(OC(=O)/C=N\O)c(F)c2F)C[C@@H](C)O1. The normalized spacial score (nSPS) is 18.1. The summed E-state index contributed by atoms with van der Waals surface area (Å²) in [7, 11) is -3.05. The molecule has 1 aliphatic rings. The van der Waals surface area contributed by atoms with Gasteiger partial charge in [0.2, 0.25) is 5.82 Å². The fourth-order valence-electron chi connectivity index (χ4n) is 5.66. The van der Waals surface area contributed by atoms with Crippen LogP contribution in [0.2, 0.25) is 5.04 Å². The minimum absolute atomic E-state index is 0.0399. The van der Waals surface area contributed by atoms with Crippen LogP contribution >= 0.6 is 0 Å². The van der Waals surface area contributed by atoms with Gasteiger partial charge in [-0.05, 0) is 35.3 Å². The Morgan fingerprint density at radius 3 is 2.05 bits per heavy atom. The number of halogens is 2. The van der Waals surface area contributed by atoms with E-state index >= 15 is 8.78 Å². The second kappa shape index (κ2) is 12.5. The third kappa shape index (κ3) is 6.34. The molecule has 1 heterocycles. The minimum Gasteiger partial charge on any atom is -0.419 e. The van der Waals surface area contributed by atoms with Gasteiger partial charge in [-0.15, -0.1) is 0 Å². The molecule has 0 saturated carbocycles. The summed E-state index contributed by atoms with van der Waals surface area (Å²) >= 11 is 0. The molecule has 3 aromatic rings. The molecule has 2 atom stereocenters. The number of nitrogens with zero attached hydrogens (tertiary/aromatic N) is 2. The summed E-state index contributed by atoms with van der Waals surface area (Å²) in [4.78, 5) is 13.8. The zero-order valence-corrected chi connectivity index (χ0v) is 24.9. The smallest absolute Gasteiger partial charge is 0.358 e. The maximum Gasteiger partial charge on any atom is 0.358 e. The number of benzene rings is 3. The largest absolute Gasteiger partial charge is 0.419 e. The summed E-state index contributed by atoms with van der Waals surface area (Å²) in [5.41, 5.74) is 0.361. The number of ether oxygens (including phenoxy) is 2. The van der Waals surface area contributed by atoms with Crippen molar-refractivity contribution in [2.45, 2.75) is 58.5 Å². The second-order valence-electron chi connectivity index (χ2n) is 11.3.